The Hall–Kier alpha value is -1.97. The molecule has 138 valence electrons. The van der Waals surface area contributed by atoms with Gasteiger partial charge in [-0.3, -0.25) is 0 Å². The highest BCUT2D eigenvalue weighted by Crippen LogP contribution is 2.30. The Kier molecular flexibility index (Phi) is 4.45. The van der Waals surface area contributed by atoms with Gasteiger partial charge in [0.15, 0.2) is 10.9 Å². The van der Waals surface area contributed by atoms with Crippen molar-refractivity contribution < 1.29 is 12.9 Å². The predicted molar refractivity (Wildman–Crippen MR) is 101 cm³/mol. The molecule has 0 N–H and O–H groups in total. The molecule has 0 atom stereocenters. The van der Waals surface area contributed by atoms with Crippen molar-refractivity contribution in [3.8, 4) is 0 Å². The van der Waals surface area contributed by atoms with Crippen LogP contribution in [0.25, 0.3) is 10.2 Å². The molecule has 0 spiro atoms. The number of rotatable bonds is 3. The molecule has 0 saturated carbocycles. The molecule has 9 heteroatoms. The molecule has 2 aromatic heterocycles. The van der Waals surface area contributed by atoms with Gasteiger partial charge in [-0.2, -0.15) is 4.31 Å². The fraction of sp³-hybridized carbons (Fsp3) is 0.412. The van der Waals surface area contributed by atoms with Crippen LogP contribution in [-0.2, 0) is 10.0 Å². The van der Waals surface area contributed by atoms with Crippen LogP contribution in [0.3, 0.4) is 0 Å². The third-order valence-corrected chi connectivity index (χ3v) is 7.81. The molecule has 0 unspecified atom stereocenters. The van der Waals surface area contributed by atoms with Gasteiger partial charge in [-0.15, -0.1) is 0 Å². The molecule has 26 heavy (non-hydrogen) atoms. The van der Waals surface area contributed by atoms with Crippen molar-refractivity contribution in [1.82, 2.24) is 14.4 Å². The highest BCUT2D eigenvalue weighted by Gasteiger charge is 2.32. The van der Waals surface area contributed by atoms with Gasteiger partial charge in [0, 0.05) is 26.2 Å². The number of hydrogen-bond acceptors (Lipinski definition) is 7. The number of anilines is 1. The lowest BCUT2D eigenvalue weighted by molar-refractivity contribution is 0.389. The average Bonchev–Trinajstić information content (AvgIpc) is 3.08. The van der Waals surface area contributed by atoms with E-state index < -0.39 is 10.0 Å². The first kappa shape index (κ1) is 17.4. The molecule has 1 aliphatic heterocycles. The van der Waals surface area contributed by atoms with E-state index in [0.717, 1.165) is 28.3 Å². The smallest absolute Gasteiger partial charge is 0.248 e. The van der Waals surface area contributed by atoms with E-state index in [-0.39, 0.29) is 4.90 Å². The van der Waals surface area contributed by atoms with Crippen LogP contribution in [0.2, 0.25) is 0 Å². The van der Waals surface area contributed by atoms with Gasteiger partial charge in [0.05, 0.1) is 10.2 Å². The number of benzene rings is 1. The fourth-order valence-electron chi connectivity index (χ4n) is 3.29. The maximum Gasteiger partial charge on any atom is 0.248 e. The molecule has 3 heterocycles. The summed E-state index contributed by atoms with van der Waals surface area (Å²) in [5, 5.41) is 4.73. The Morgan fingerprint density at radius 2 is 1.92 bits per heavy atom. The standard InChI is InChI=1S/C17H20N4O3S2/c1-12-16(13(2)24-19-12)26(22,23)21-9-5-8-20(10-11-21)17-18-14-6-3-4-7-15(14)25-17/h3-4,6-7H,5,8-11H2,1-2H3. The maximum atomic E-state index is 13.0. The quantitative estimate of drug-likeness (QED) is 0.682. The minimum atomic E-state index is -3.60. The third-order valence-electron chi connectivity index (χ3n) is 4.57. The van der Waals surface area contributed by atoms with Crippen molar-refractivity contribution in [2.45, 2.75) is 25.2 Å². The molecule has 1 saturated heterocycles. The molecule has 0 radical (unpaired) electrons. The van der Waals surface area contributed by atoms with Crippen molar-refractivity contribution >= 4 is 36.7 Å². The van der Waals surface area contributed by atoms with Crippen LogP contribution < -0.4 is 4.90 Å². The first-order chi connectivity index (χ1) is 12.5. The van der Waals surface area contributed by atoms with E-state index in [4.69, 9.17) is 9.51 Å². The molecule has 0 aliphatic carbocycles. The minimum absolute atomic E-state index is 0.200. The number of hydrogen-bond donors (Lipinski definition) is 0. The summed E-state index contributed by atoms with van der Waals surface area (Å²) in [6.07, 6.45) is 0.749. The molecule has 0 bridgehead atoms. The van der Waals surface area contributed by atoms with Crippen LogP contribution in [0, 0.1) is 13.8 Å². The van der Waals surface area contributed by atoms with E-state index >= 15 is 0 Å². The molecule has 3 aromatic rings. The van der Waals surface area contributed by atoms with Crippen molar-refractivity contribution in [2.24, 2.45) is 0 Å². The lowest BCUT2D eigenvalue weighted by atomic mass is 10.3. The largest absolute Gasteiger partial charge is 0.360 e. The number of nitrogens with zero attached hydrogens (tertiary/aromatic N) is 4. The molecular formula is C17H20N4O3S2. The molecule has 1 aromatic carbocycles. The minimum Gasteiger partial charge on any atom is -0.360 e. The second kappa shape index (κ2) is 6.64. The molecule has 4 rings (SSSR count). The van der Waals surface area contributed by atoms with E-state index in [1.54, 1.807) is 25.2 Å². The van der Waals surface area contributed by atoms with Gasteiger partial charge in [-0.25, -0.2) is 13.4 Å². The van der Waals surface area contributed by atoms with Crippen LogP contribution in [-0.4, -0.2) is 49.0 Å². The predicted octanol–water partition coefficient (Wildman–Crippen LogP) is 2.80. The summed E-state index contributed by atoms with van der Waals surface area (Å²) in [4.78, 5) is 7.07. The maximum absolute atomic E-state index is 13.0. The van der Waals surface area contributed by atoms with Gasteiger partial charge in [-0.1, -0.05) is 28.6 Å². The zero-order chi connectivity index (χ0) is 18.3. The fourth-order valence-corrected chi connectivity index (χ4v) is 6.07. The second-order valence-corrected chi connectivity index (χ2v) is 9.25. The SMILES string of the molecule is Cc1noc(C)c1S(=O)(=O)N1CCCN(c2nc3ccccc3s2)CC1. The molecule has 7 nitrogen and oxygen atoms in total. The number of thiazole rings is 1. The number of fused-ring (bicyclic) bond motifs is 1. The van der Waals surface area contributed by atoms with Gasteiger partial charge in [0.2, 0.25) is 10.0 Å². The van der Waals surface area contributed by atoms with Crippen molar-refractivity contribution in [3.63, 3.8) is 0 Å². The van der Waals surface area contributed by atoms with Gasteiger partial charge < -0.3 is 9.42 Å². The normalized spacial score (nSPS) is 16.9. The molecule has 1 fully saturated rings. The number of aryl methyl sites for hydroxylation is 2. The van der Waals surface area contributed by atoms with Gasteiger partial charge in [-0.05, 0) is 32.4 Å². The summed E-state index contributed by atoms with van der Waals surface area (Å²) in [5.74, 6) is 0.342. The van der Waals surface area contributed by atoms with Crippen molar-refractivity contribution in [2.75, 3.05) is 31.1 Å². The van der Waals surface area contributed by atoms with Gasteiger partial charge in [0.25, 0.3) is 0 Å². The topological polar surface area (TPSA) is 79.5 Å². The van der Waals surface area contributed by atoms with Crippen LogP contribution in [0.5, 0.6) is 0 Å². The molecule has 1 aliphatic rings. The average molecular weight is 393 g/mol. The number of sulfonamides is 1. The Bertz CT molecular complexity index is 989. The Balaban J connectivity index is 1.56. The van der Waals surface area contributed by atoms with E-state index in [0.29, 0.717) is 31.1 Å². The van der Waals surface area contributed by atoms with E-state index in [1.165, 1.54) is 4.31 Å². The summed E-state index contributed by atoms with van der Waals surface area (Å²) in [5.41, 5.74) is 1.40. The molecule has 0 amide bonds. The van der Waals surface area contributed by atoms with Crippen LogP contribution in [0.1, 0.15) is 17.9 Å². The second-order valence-electron chi connectivity index (χ2n) is 6.36. The lowest BCUT2D eigenvalue weighted by Crippen LogP contribution is -2.35. The van der Waals surface area contributed by atoms with Crippen LogP contribution >= 0.6 is 11.3 Å². The monoisotopic (exact) mass is 392 g/mol. The zero-order valence-corrected chi connectivity index (χ0v) is 16.3. The Labute approximate surface area is 156 Å². The highest BCUT2D eigenvalue weighted by atomic mass is 32.2. The number of aromatic nitrogens is 2. The third kappa shape index (κ3) is 3.00. The van der Waals surface area contributed by atoms with Gasteiger partial charge >= 0.3 is 0 Å². The van der Waals surface area contributed by atoms with E-state index in [2.05, 4.69) is 16.1 Å². The zero-order valence-electron chi connectivity index (χ0n) is 14.7. The molecular weight excluding hydrogens is 372 g/mol. The first-order valence-electron chi connectivity index (χ1n) is 8.50. The highest BCUT2D eigenvalue weighted by molar-refractivity contribution is 7.89. The summed E-state index contributed by atoms with van der Waals surface area (Å²) >= 11 is 1.65. The first-order valence-corrected chi connectivity index (χ1v) is 10.8. The summed E-state index contributed by atoms with van der Waals surface area (Å²) in [6, 6.07) is 8.04. The lowest BCUT2D eigenvalue weighted by Gasteiger charge is -2.21. The van der Waals surface area contributed by atoms with Crippen molar-refractivity contribution in [1.29, 1.82) is 0 Å². The summed E-state index contributed by atoms with van der Waals surface area (Å²) in [7, 11) is -3.60. The Morgan fingerprint density at radius 3 is 2.65 bits per heavy atom. The van der Waals surface area contributed by atoms with Crippen LogP contribution in [0.4, 0.5) is 5.13 Å². The van der Waals surface area contributed by atoms with E-state index in [9.17, 15) is 8.42 Å². The van der Waals surface area contributed by atoms with Crippen LogP contribution in [0.15, 0.2) is 33.7 Å². The Morgan fingerprint density at radius 1 is 1.12 bits per heavy atom. The van der Waals surface area contributed by atoms with Gasteiger partial charge in [0.1, 0.15) is 10.6 Å². The van der Waals surface area contributed by atoms with Crippen molar-refractivity contribution in [3.05, 3.63) is 35.7 Å². The number of para-hydroxylation sites is 1. The summed E-state index contributed by atoms with van der Waals surface area (Å²) < 4.78 is 33.8. The van der Waals surface area contributed by atoms with E-state index in [1.807, 2.05) is 18.2 Å². The summed E-state index contributed by atoms with van der Waals surface area (Å²) in [6.45, 7) is 5.60.